The number of azide groups is 1. The van der Waals surface area contributed by atoms with Gasteiger partial charge in [0.2, 0.25) is 0 Å². The van der Waals surface area contributed by atoms with Crippen molar-refractivity contribution in [3.05, 3.63) is 10.4 Å². The van der Waals surface area contributed by atoms with E-state index in [0.29, 0.717) is 0 Å². The van der Waals surface area contributed by atoms with E-state index in [2.05, 4.69) is 14.8 Å². The van der Waals surface area contributed by atoms with Crippen molar-refractivity contribution in [1.82, 2.24) is 0 Å². The molecule has 1 fully saturated rings. The summed E-state index contributed by atoms with van der Waals surface area (Å²) in [6, 6.07) is 0. The molecule has 0 aromatic heterocycles. The topological polar surface area (TPSA) is 87.6 Å². The molecule has 1 rings (SSSR count). The van der Waals surface area contributed by atoms with Crippen LogP contribution in [0.15, 0.2) is 5.11 Å². The number of epoxide rings is 1. The maximum atomic E-state index is 10.4. The lowest BCUT2D eigenvalue weighted by molar-refractivity contribution is 0.146. The van der Waals surface area contributed by atoms with Crippen LogP contribution >= 0.6 is 0 Å². The molecule has 0 aromatic carbocycles. The Morgan fingerprint density at radius 1 is 1.91 bits per heavy atom. The van der Waals surface area contributed by atoms with Gasteiger partial charge >= 0.3 is 6.09 Å². The van der Waals surface area contributed by atoms with Crippen LogP contribution in [-0.2, 0) is 9.47 Å². The standard InChI is InChI=1S/C5H7N3O3/c1-3-4(11-3)2-10-5(9)7-8-6/h3-4H,2H2,1H3. The number of carbonyl (C=O) groups is 1. The van der Waals surface area contributed by atoms with Crippen molar-refractivity contribution < 1.29 is 14.3 Å². The van der Waals surface area contributed by atoms with Crippen molar-refractivity contribution in [3.8, 4) is 0 Å². The van der Waals surface area contributed by atoms with Crippen LogP contribution in [0.2, 0.25) is 0 Å². The van der Waals surface area contributed by atoms with E-state index >= 15 is 0 Å². The van der Waals surface area contributed by atoms with Crippen molar-refractivity contribution >= 4 is 6.09 Å². The Morgan fingerprint density at radius 2 is 2.55 bits per heavy atom. The maximum Gasteiger partial charge on any atom is 0.396 e. The van der Waals surface area contributed by atoms with E-state index in [1.165, 1.54) is 0 Å². The van der Waals surface area contributed by atoms with Gasteiger partial charge < -0.3 is 9.47 Å². The summed E-state index contributed by atoms with van der Waals surface area (Å²) in [5.74, 6) is 0. The molecular formula is C5H7N3O3. The van der Waals surface area contributed by atoms with Gasteiger partial charge in [0.1, 0.15) is 12.7 Å². The molecule has 0 aliphatic carbocycles. The minimum absolute atomic E-state index is 0.0205. The van der Waals surface area contributed by atoms with Crippen LogP contribution in [0.4, 0.5) is 4.79 Å². The van der Waals surface area contributed by atoms with Gasteiger partial charge in [0, 0.05) is 10.0 Å². The molecule has 1 aliphatic rings. The van der Waals surface area contributed by atoms with E-state index in [0.717, 1.165) is 0 Å². The highest BCUT2D eigenvalue weighted by atomic mass is 16.6. The second-order valence-electron chi connectivity index (χ2n) is 2.15. The van der Waals surface area contributed by atoms with Crippen LogP contribution in [0.1, 0.15) is 6.92 Å². The summed E-state index contributed by atoms with van der Waals surface area (Å²) < 4.78 is 9.43. The summed E-state index contributed by atoms with van der Waals surface area (Å²) in [5, 5.41) is 2.71. The van der Waals surface area contributed by atoms with Gasteiger partial charge in [0.25, 0.3) is 0 Å². The molecule has 1 heterocycles. The molecule has 1 amide bonds. The number of ether oxygens (including phenoxy) is 2. The van der Waals surface area contributed by atoms with E-state index in [1.807, 2.05) is 6.92 Å². The van der Waals surface area contributed by atoms with Crippen LogP contribution in [0.25, 0.3) is 10.4 Å². The molecule has 6 heteroatoms. The maximum absolute atomic E-state index is 10.4. The minimum atomic E-state index is -0.907. The third kappa shape index (κ3) is 2.45. The van der Waals surface area contributed by atoms with Gasteiger partial charge in [-0.05, 0) is 12.5 Å². The van der Waals surface area contributed by atoms with Crippen LogP contribution in [0, 0.1) is 0 Å². The SMILES string of the molecule is CC1OC1COC(=O)N=[N+]=[N-]. The van der Waals surface area contributed by atoms with E-state index in [9.17, 15) is 4.79 Å². The van der Waals surface area contributed by atoms with Crippen molar-refractivity contribution in [2.24, 2.45) is 5.11 Å². The minimum Gasteiger partial charge on any atom is -0.458 e. The molecule has 11 heavy (non-hydrogen) atoms. The predicted octanol–water partition coefficient (Wildman–Crippen LogP) is 1.22. The molecule has 2 unspecified atom stereocenters. The fraction of sp³-hybridized carbons (Fsp3) is 0.800. The number of nitrogens with zero attached hydrogens (tertiary/aromatic N) is 3. The Morgan fingerprint density at radius 3 is 3.00 bits per heavy atom. The smallest absolute Gasteiger partial charge is 0.396 e. The monoisotopic (exact) mass is 157 g/mol. The lowest BCUT2D eigenvalue weighted by Gasteiger charge is -1.94. The zero-order valence-electron chi connectivity index (χ0n) is 5.93. The summed E-state index contributed by atoms with van der Waals surface area (Å²) in [7, 11) is 0. The lowest BCUT2D eigenvalue weighted by atomic mass is 10.4. The molecular weight excluding hydrogens is 150 g/mol. The van der Waals surface area contributed by atoms with Gasteiger partial charge in [0.15, 0.2) is 0 Å². The van der Waals surface area contributed by atoms with Crippen molar-refractivity contribution in [2.45, 2.75) is 19.1 Å². The number of rotatable bonds is 2. The summed E-state index contributed by atoms with van der Waals surface area (Å²) in [6.07, 6.45) is -0.781. The summed E-state index contributed by atoms with van der Waals surface area (Å²) >= 11 is 0. The van der Waals surface area contributed by atoms with Crippen LogP contribution < -0.4 is 0 Å². The fourth-order valence-electron chi connectivity index (χ4n) is 0.624. The summed E-state index contributed by atoms with van der Waals surface area (Å²) in [5.41, 5.74) is 7.80. The lowest BCUT2D eigenvalue weighted by Crippen LogP contribution is -2.06. The average Bonchev–Trinajstić information content (AvgIpc) is 2.63. The Kier molecular flexibility index (Phi) is 2.30. The third-order valence-corrected chi connectivity index (χ3v) is 1.33. The van der Waals surface area contributed by atoms with Crippen LogP contribution in [0.3, 0.4) is 0 Å². The molecule has 0 N–H and O–H groups in total. The summed E-state index contributed by atoms with van der Waals surface area (Å²) in [6.45, 7) is 2.03. The third-order valence-electron chi connectivity index (χ3n) is 1.33. The van der Waals surface area contributed by atoms with Crippen LogP contribution in [0.5, 0.6) is 0 Å². The second kappa shape index (κ2) is 3.23. The second-order valence-corrected chi connectivity index (χ2v) is 2.15. The summed E-state index contributed by atoms with van der Waals surface area (Å²) in [4.78, 5) is 12.6. The highest BCUT2D eigenvalue weighted by Crippen LogP contribution is 2.20. The Labute approximate surface area is 62.7 Å². The number of hydrogen-bond donors (Lipinski definition) is 0. The normalized spacial score (nSPS) is 27.0. The first kappa shape index (κ1) is 7.84. The predicted molar refractivity (Wildman–Crippen MR) is 34.8 cm³/mol. The zero-order valence-corrected chi connectivity index (χ0v) is 5.93. The Hall–Kier alpha value is -1.26. The molecule has 0 bridgehead atoms. The van der Waals surface area contributed by atoms with Gasteiger partial charge in [-0.2, -0.15) is 0 Å². The van der Waals surface area contributed by atoms with Crippen molar-refractivity contribution in [2.75, 3.05) is 6.61 Å². The highest BCUT2D eigenvalue weighted by Gasteiger charge is 2.35. The Balaban J connectivity index is 2.12. The van der Waals surface area contributed by atoms with Gasteiger partial charge in [-0.15, -0.1) is 0 Å². The first-order valence-corrected chi connectivity index (χ1v) is 3.11. The number of carbonyl (C=O) groups excluding carboxylic acids is 1. The number of amides is 1. The van der Waals surface area contributed by atoms with Gasteiger partial charge in [-0.3, -0.25) is 0 Å². The Bertz CT molecular complexity index is 211. The first-order chi connectivity index (χ1) is 5.24. The molecule has 0 spiro atoms. The molecule has 2 atom stereocenters. The molecule has 60 valence electrons. The van der Waals surface area contributed by atoms with E-state index < -0.39 is 6.09 Å². The first-order valence-electron chi connectivity index (χ1n) is 3.11. The van der Waals surface area contributed by atoms with Gasteiger partial charge in [0.05, 0.1) is 6.10 Å². The van der Waals surface area contributed by atoms with Crippen molar-refractivity contribution in [3.63, 3.8) is 0 Å². The van der Waals surface area contributed by atoms with Crippen LogP contribution in [-0.4, -0.2) is 24.9 Å². The molecule has 0 saturated carbocycles. The van der Waals surface area contributed by atoms with Gasteiger partial charge in [-0.25, -0.2) is 4.79 Å². The van der Waals surface area contributed by atoms with E-state index in [4.69, 9.17) is 10.3 Å². The zero-order chi connectivity index (χ0) is 8.27. The molecule has 1 aliphatic heterocycles. The van der Waals surface area contributed by atoms with E-state index in [1.54, 1.807) is 0 Å². The molecule has 1 saturated heterocycles. The van der Waals surface area contributed by atoms with E-state index in [-0.39, 0.29) is 18.8 Å². The van der Waals surface area contributed by atoms with Gasteiger partial charge in [-0.1, -0.05) is 0 Å². The fourth-order valence-corrected chi connectivity index (χ4v) is 0.624. The highest BCUT2D eigenvalue weighted by molar-refractivity contribution is 5.67. The molecule has 0 aromatic rings. The largest absolute Gasteiger partial charge is 0.458 e. The molecule has 0 radical (unpaired) electrons. The average molecular weight is 157 g/mol. The van der Waals surface area contributed by atoms with Crippen molar-refractivity contribution in [1.29, 1.82) is 0 Å². The number of hydrogen-bond acceptors (Lipinski definition) is 3. The molecule has 6 nitrogen and oxygen atoms in total. The quantitative estimate of drug-likeness (QED) is 0.261.